The number of anilines is 2. The van der Waals surface area contributed by atoms with Crippen molar-refractivity contribution >= 4 is 39.9 Å². The number of amides is 1. The molecule has 5 rings (SSSR count). The van der Waals surface area contributed by atoms with Crippen LogP contribution >= 0.6 is 0 Å². The van der Waals surface area contributed by atoms with Gasteiger partial charge in [0.05, 0.1) is 35.9 Å². The van der Waals surface area contributed by atoms with E-state index in [-0.39, 0.29) is 5.65 Å². The maximum absolute atomic E-state index is 14.5. The number of methoxy groups -OCH3 is 1. The van der Waals surface area contributed by atoms with Gasteiger partial charge in [0.25, 0.3) is 5.91 Å². The Kier molecular flexibility index (Phi) is 8.04. The number of carbonyl (C=O) groups is 2. The smallest absolute Gasteiger partial charge is 0.480 e. The lowest BCUT2D eigenvalue weighted by Gasteiger charge is -2.21. The lowest BCUT2D eigenvalue weighted by atomic mass is 10.1. The van der Waals surface area contributed by atoms with Crippen LogP contribution in [0.3, 0.4) is 0 Å². The van der Waals surface area contributed by atoms with Gasteiger partial charge in [-0.15, -0.1) is 0 Å². The van der Waals surface area contributed by atoms with E-state index >= 15 is 0 Å². The van der Waals surface area contributed by atoms with Crippen LogP contribution in [0.15, 0.2) is 36.8 Å². The number of likely N-dealkylation sites (N-methyl/N-ethyl adjacent to an activating group) is 1. The van der Waals surface area contributed by atoms with Gasteiger partial charge in [-0.25, -0.2) is 24.1 Å². The highest BCUT2D eigenvalue weighted by Gasteiger charge is 2.38. The number of aliphatic carboxylic acids is 1. The molecule has 1 saturated heterocycles. The number of alkyl halides is 3. The van der Waals surface area contributed by atoms with Gasteiger partial charge in [-0.1, -0.05) is 0 Å². The fourth-order valence-corrected chi connectivity index (χ4v) is 4.27. The van der Waals surface area contributed by atoms with Crippen molar-refractivity contribution in [2.24, 2.45) is 0 Å². The summed E-state index contributed by atoms with van der Waals surface area (Å²) >= 11 is 0. The van der Waals surface area contributed by atoms with Gasteiger partial charge >= 0.3 is 12.1 Å². The molecule has 11 nitrogen and oxygen atoms in total. The molecule has 4 aromatic rings. The molecule has 212 valence electrons. The minimum atomic E-state index is -5.08. The number of aryl methyl sites for hydroxylation is 1. The van der Waals surface area contributed by atoms with Crippen molar-refractivity contribution in [1.82, 2.24) is 24.7 Å². The molecule has 0 bridgehead atoms. The zero-order valence-corrected chi connectivity index (χ0v) is 21.6. The lowest BCUT2D eigenvalue weighted by molar-refractivity contribution is -0.192. The second-order valence-corrected chi connectivity index (χ2v) is 8.91. The van der Waals surface area contributed by atoms with E-state index in [4.69, 9.17) is 14.6 Å². The first kappa shape index (κ1) is 28.5. The number of pyridine rings is 1. The van der Waals surface area contributed by atoms with Gasteiger partial charge in [-0.3, -0.25) is 4.79 Å². The number of rotatable bonds is 5. The first-order valence-corrected chi connectivity index (χ1v) is 11.9. The molecular weight excluding hydrogens is 538 g/mol. The number of halogens is 4. The molecule has 1 aliphatic rings. The number of aromatic nitrogens is 4. The molecule has 1 aliphatic heterocycles. The molecule has 1 fully saturated rings. The number of imidazole rings is 1. The number of benzene rings is 1. The lowest BCUT2D eigenvalue weighted by Crippen LogP contribution is -2.29. The molecule has 15 heteroatoms. The highest BCUT2D eigenvalue weighted by atomic mass is 19.4. The number of hydrogen-bond donors (Lipinski definition) is 3. The number of carboxylic acids is 1. The molecule has 1 aromatic carbocycles. The van der Waals surface area contributed by atoms with Crippen LogP contribution in [0.5, 0.6) is 5.88 Å². The van der Waals surface area contributed by atoms with E-state index in [1.807, 2.05) is 13.1 Å². The average molecular weight is 564 g/mol. The van der Waals surface area contributed by atoms with Crippen molar-refractivity contribution in [2.75, 3.05) is 37.5 Å². The van der Waals surface area contributed by atoms with Crippen molar-refractivity contribution < 1.29 is 37.0 Å². The van der Waals surface area contributed by atoms with Crippen LogP contribution in [0.2, 0.25) is 0 Å². The van der Waals surface area contributed by atoms with Crippen molar-refractivity contribution in [1.29, 1.82) is 0 Å². The Labute approximate surface area is 224 Å². The van der Waals surface area contributed by atoms with E-state index in [9.17, 15) is 22.4 Å². The quantitative estimate of drug-likeness (QED) is 0.312. The predicted molar refractivity (Wildman–Crippen MR) is 137 cm³/mol. The standard InChI is InChI=1S/C23H24FN7O2.C2HF3O2/c1-13-10-31-12-15(8-17(24)22(31)27-13)28-23(32)16-4-5-18(30-7-6-14(11-30)25-2)21-20(16)26-9-19(29-21)33-3;3-2(4,5)1(6)7/h4-5,8-10,12,14,25H,6-7,11H2,1-3H3,(H,28,32);(H,6,7). The van der Waals surface area contributed by atoms with Crippen LogP contribution in [0.4, 0.5) is 28.9 Å². The fourth-order valence-electron chi connectivity index (χ4n) is 4.27. The number of nitrogens with zero attached hydrogens (tertiary/aromatic N) is 5. The second kappa shape index (κ2) is 11.3. The number of carbonyl (C=O) groups excluding carboxylic acids is 1. The van der Waals surface area contributed by atoms with E-state index in [0.717, 1.165) is 25.2 Å². The van der Waals surface area contributed by atoms with Crippen LogP contribution in [-0.2, 0) is 4.79 Å². The Morgan fingerprint density at radius 2 is 1.90 bits per heavy atom. The Bertz CT molecular complexity index is 1570. The zero-order chi connectivity index (χ0) is 29.2. The topological polar surface area (TPSA) is 134 Å². The first-order valence-electron chi connectivity index (χ1n) is 11.9. The summed E-state index contributed by atoms with van der Waals surface area (Å²) in [6.45, 7) is 3.48. The number of hydrogen-bond acceptors (Lipinski definition) is 8. The van der Waals surface area contributed by atoms with Crippen molar-refractivity contribution in [3.8, 4) is 5.88 Å². The highest BCUT2D eigenvalue weighted by molar-refractivity contribution is 6.13. The first-order chi connectivity index (χ1) is 18.9. The van der Waals surface area contributed by atoms with Crippen LogP contribution in [0, 0.1) is 12.7 Å². The minimum absolute atomic E-state index is 0.212. The molecule has 1 unspecified atom stereocenters. The number of ether oxygens (including phenoxy) is 1. The van der Waals surface area contributed by atoms with E-state index in [0.29, 0.717) is 39.9 Å². The minimum Gasteiger partial charge on any atom is -0.480 e. The Balaban J connectivity index is 0.000000470. The molecular formula is C25H25F4N7O4. The summed E-state index contributed by atoms with van der Waals surface area (Å²) in [5, 5.41) is 13.2. The molecule has 0 radical (unpaired) electrons. The maximum atomic E-state index is 14.5. The van der Waals surface area contributed by atoms with Crippen LogP contribution in [0.1, 0.15) is 22.5 Å². The summed E-state index contributed by atoms with van der Waals surface area (Å²) in [5.41, 5.74) is 3.50. The predicted octanol–water partition coefficient (Wildman–Crippen LogP) is 3.42. The summed E-state index contributed by atoms with van der Waals surface area (Å²) in [7, 11) is 3.48. The Morgan fingerprint density at radius 1 is 1.18 bits per heavy atom. The van der Waals surface area contributed by atoms with Gasteiger partial charge in [0.1, 0.15) is 11.0 Å². The molecule has 4 heterocycles. The summed E-state index contributed by atoms with van der Waals surface area (Å²) in [6, 6.07) is 5.26. The highest BCUT2D eigenvalue weighted by Crippen LogP contribution is 2.31. The summed E-state index contributed by atoms with van der Waals surface area (Å²) in [5.74, 6) is -3.31. The third-order valence-corrected chi connectivity index (χ3v) is 6.17. The van der Waals surface area contributed by atoms with Gasteiger partial charge in [-0.05, 0) is 32.5 Å². The molecule has 0 saturated carbocycles. The molecule has 0 aliphatic carbocycles. The molecule has 3 N–H and O–H groups in total. The van der Waals surface area contributed by atoms with Gasteiger partial charge in [0.15, 0.2) is 11.5 Å². The van der Waals surface area contributed by atoms with Gasteiger partial charge in [0.2, 0.25) is 5.88 Å². The van der Waals surface area contributed by atoms with Gasteiger partial charge in [0, 0.05) is 37.6 Å². The number of fused-ring (bicyclic) bond motifs is 2. The number of carboxylic acid groups (broad SMARTS) is 1. The average Bonchev–Trinajstić information content (AvgIpc) is 3.53. The van der Waals surface area contributed by atoms with Crippen molar-refractivity contribution in [3.05, 3.63) is 53.9 Å². The maximum Gasteiger partial charge on any atom is 0.490 e. The van der Waals surface area contributed by atoms with E-state index in [1.165, 1.54) is 19.4 Å². The van der Waals surface area contributed by atoms with E-state index in [2.05, 4.69) is 30.5 Å². The molecule has 0 spiro atoms. The van der Waals surface area contributed by atoms with Crippen molar-refractivity contribution in [2.45, 2.75) is 25.6 Å². The second-order valence-electron chi connectivity index (χ2n) is 8.91. The van der Waals surface area contributed by atoms with Gasteiger partial charge < -0.3 is 29.8 Å². The molecule has 3 aromatic heterocycles. The molecule has 40 heavy (non-hydrogen) atoms. The monoisotopic (exact) mass is 563 g/mol. The third-order valence-electron chi connectivity index (χ3n) is 6.17. The van der Waals surface area contributed by atoms with Crippen molar-refractivity contribution in [3.63, 3.8) is 0 Å². The Morgan fingerprint density at radius 3 is 2.52 bits per heavy atom. The van der Waals surface area contributed by atoms with Gasteiger partial charge in [-0.2, -0.15) is 13.2 Å². The third kappa shape index (κ3) is 6.03. The number of nitrogens with one attached hydrogen (secondary N) is 2. The Hall–Kier alpha value is -4.53. The van der Waals surface area contributed by atoms with Crippen LogP contribution in [0.25, 0.3) is 16.7 Å². The fraction of sp³-hybridized carbons (Fsp3) is 0.320. The van der Waals surface area contributed by atoms with Crippen LogP contribution < -0.4 is 20.3 Å². The van der Waals surface area contributed by atoms with E-state index < -0.39 is 23.9 Å². The van der Waals surface area contributed by atoms with E-state index in [1.54, 1.807) is 29.8 Å². The molecule has 1 amide bonds. The summed E-state index contributed by atoms with van der Waals surface area (Å²) in [6.07, 6.45) is 0.747. The zero-order valence-electron chi connectivity index (χ0n) is 21.6. The largest absolute Gasteiger partial charge is 0.490 e. The SMILES string of the molecule is CNC1CCN(c2ccc(C(=O)Nc3cc(F)c4nc(C)cn4c3)c3ncc(OC)nc23)C1.O=C(O)C(F)(F)F. The normalized spacial score (nSPS) is 15.2. The summed E-state index contributed by atoms with van der Waals surface area (Å²) < 4.78 is 53.0. The summed E-state index contributed by atoms with van der Waals surface area (Å²) in [4.78, 5) is 37.5. The van der Waals surface area contributed by atoms with Crippen LogP contribution in [-0.4, -0.2) is 75.8 Å². The molecule has 1 atom stereocenters.